The fourth-order valence-electron chi connectivity index (χ4n) is 8.14. The highest BCUT2D eigenvalue weighted by Gasteiger charge is 2.69. The third-order valence-corrected chi connectivity index (χ3v) is 11.1. The second-order valence-corrected chi connectivity index (χ2v) is 14.9. The average molecular weight is 704 g/mol. The zero-order valence-corrected chi connectivity index (χ0v) is 29.1. The van der Waals surface area contributed by atoms with Crippen LogP contribution in [0.25, 0.3) is 22.2 Å². The van der Waals surface area contributed by atoms with Crippen molar-refractivity contribution in [1.82, 2.24) is 14.9 Å². The number of benzene rings is 3. The molecule has 2 aromatic heterocycles. The van der Waals surface area contributed by atoms with Crippen LogP contribution >= 0.6 is 11.6 Å². The van der Waals surface area contributed by atoms with Crippen LogP contribution in [-0.2, 0) is 30.0 Å². The summed E-state index contributed by atoms with van der Waals surface area (Å²) in [5.74, 6) is 0.942. The van der Waals surface area contributed by atoms with Gasteiger partial charge in [0.25, 0.3) is 0 Å². The maximum atomic E-state index is 12.1. The summed E-state index contributed by atoms with van der Waals surface area (Å²) in [4.78, 5) is 23.0. The molecule has 260 valence electrons. The molecular weight excluding hydrogens is 666 g/mol. The number of hydrogen-bond donors (Lipinski definition) is 2. The van der Waals surface area contributed by atoms with Gasteiger partial charge in [-0.3, -0.25) is 14.7 Å². The number of hydrogen-bond acceptors (Lipinski definition) is 9. The number of likely N-dealkylation sites (tertiary alicyclic amines) is 1. The normalized spacial score (nSPS) is 22.5. The van der Waals surface area contributed by atoms with Crippen molar-refractivity contribution in [2.45, 2.75) is 82.2 Å². The molecule has 1 unspecified atom stereocenters. The number of pyridine rings is 1. The van der Waals surface area contributed by atoms with Crippen LogP contribution in [0.4, 0.5) is 0 Å². The fraction of sp³-hybridized carbons (Fsp3) is 0.350. The van der Waals surface area contributed by atoms with Crippen molar-refractivity contribution in [1.29, 1.82) is 5.26 Å². The van der Waals surface area contributed by atoms with Gasteiger partial charge in [-0.25, -0.2) is 4.98 Å². The number of fused-ring (bicyclic) bond motifs is 1. The number of nitrogens with zero attached hydrogens (tertiary/aromatic N) is 4. The Balaban J connectivity index is 1.03. The number of nitriles is 1. The maximum absolute atomic E-state index is 12.1. The first-order valence-corrected chi connectivity index (χ1v) is 17.7. The van der Waals surface area contributed by atoms with Crippen LogP contribution in [0.1, 0.15) is 72.2 Å². The van der Waals surface area contributed by atoms with E-state index < -0.39 is 12.0 Å². The largest absolute Gasteiger partial charge is 0.488 e. The number of rotatable bonds is 11. The van der Waals surface area contributed by atoms with Crippen LogP contribution in [0.2, 0.25) is 5.02 Å². The fourth-order valence-corrected chi connectivity index (χ4v) is 8.38. The summed E-state index contributed by atoms with van der Waals surface area (Å²) in [5, 5.41) is 19.6. The highest BCUT2D eigenvalue weighted by atomic mass is 35.5. The molecule has 0 amide bonds. The number of halogens is 1. The van der Waals surface area contributed by atoms with Gasteiger partial charge in [0.2, 0.25) is 5.89 Å². The number of nitrogens with two attached hydrogens (primary N) is 1. The van der Waals surface area contributed by atoms with E-state index in [2.05, 4.69) is 36.2 Å². The number of carboxylic acids is 1. The average Bonchev–Trinajstić information content (AvgIpc) is 3.53. The third-order valence-electron chi connectivity index (χ3n) is 10.8. The molecule has 51 heavy (non-hydrogen) atoms. The molecule has 9 rings (SSSR count). The molecule has 1 aliphatic heterocycles. The lowest BCUT2D eigenvalue weighted by Gasteiger charge is -2.67. The molecule has 4 aliphatic rings. The molecule has 3 aromatic carbocycles. The van der Waals surface area contributed by atoms with E-state index in [-0.39, 0.29) is 24.2 Å². The quantitative estimate of drug-likeness (QED) is 0.142. The van der Waals surface area contributed by atoms with Crippen LogP contribution in [0.15, 0.2) is 71.4 Å². The van der Waals surface area contributed by atoms with Gasteiger partial charge >= 0.3 is 5.97 Å². The number of carbonyl (C=O) groups is 1. The number of aromatic nitrogens is 2. The molecule has 1 atom stereocenters. The monoisotopic (exact) mass is 703 g/mol. The van der Waals surface area contributed by atoms with Crippen molar-refractivity contribution < 1.29 is 23.8 Å². The van der Waals surface area contributed by atoms with Crippen LogP contribution in [0.5, 0.6) is 11.5 Å². The first-order chi connectivity index (χ1) is 24.6. The van der Waals surface area contributed by atoms with E-state index >= 15 is 0 Å². The molecule has 3 heterocycles. The predicted molar refractivity (Wildman–Crippen MR) is 191 cm³/mol. The van der Waals surface area contributed by atoms with Crippen LogP contribution in [-0.4, -0.2) is 44.1 Å². The van der Waals surface area contributed by atoms with E-state index in [4.69, 9.17) is 36.2 Å². The Morgan fingerprint density at radius 2 is 1.90 bits per heavy atom. The minimum atomic E-state index is -0.833. The molecule has 3 saturated carbocycles. The number of ether oxygens (including phenoxy) is 2. The molecule has 3 N–H and O–H groups in total. The van der Waals surface area contributed by atoms with Gasteiger partial charge in [0, 0.05) is 41.7 Å². The van der Waals surface area contributed by atoms with Crippen molar-refractivity contribution in [2.75, 3.05) is 6.54 Å². The Morgan fingerprint density at radius 3 is 2.69 bits per heavy atom. The van der Waals surface area contributed by atoms with E-state index in [0.717, 1.165) is 82.5 Å². The number of aliphatic carboxylic acids is 1. The van der Waals surface area contributed by atoms with Crippen molar-refractivity contribution >= 4 is 28.7 Å². The summed E-state index contributed by atoms with van der Waals surface area (Å²) in [6.45, 7) is 3.52. The molecule has 4 fully saturated rings. The SMILES string of the molecule is Cc1c(COc2cc(OCc3cncc(C#N)c3)c(CN3CCCCC3C(=O)O)cc2Cl)cccc1-c1ccc2oc(C34CC(N)(C3)C4)nc2c1. The lowest BCUT2D eigenvalue weighted by Crippen LogP contribution is -2.74. The Bertz CT molecular complexity index is 2190. The highest BCUT2D eigenvalue weighted by molar-refractivity contribution is 6.32. The summed E-state index contributed by atoms with van der Waals surface area (Å²) in [7, 11) is 0. The standard InChI is InChI=1S/C40H38ClN5O5/c1-24-28(5-4-6-30(24)27-8-9-34-32(13-27)45-38(51-34)39-21-40(43,22-39)23-39)20-50-36-14-35(49-19-26-11-25(15-42)16-44-17-26)29(12-31(36)41)18-46-10-3-2-7-33(46)37(47)48/h4-6,8-9,11-14,16-17,33H,2-3,7,10,18-23,43H2,1H3,(H,47,48). The summed E-state index contributed by atoms with van der Waals surface area (Å²) in [6.07, 6.45) is 8.37. The molecule has 1 saturated heterocycles. The molecular formula is C40H38ClN5O5. The van der Waals surface area contributed by atoms with Crippen LogP contribution in [0.3, 0.4) is 0 Å². The zero-order chi connectivity index (χ0) is 35.3. The van der Waals surface area contributed by atoms with Crippen LogP contribution < -0.4 is 15.2 Å². The molecule has 2 bridgehead atoms. The van der Waals surface area contributed by atoms with Crippen molar-refractivity contribution in [3.05, 3.63) is 106 Å². The first-order valence-electron chi connectivity index (χ1n) is 17.3. The topological polar surface area (TPSA) is 148 Å². The van der Waals surface area contributed by atoms with Gasteiger partial charge in [-0.05, 0) is 92.1 Å². The van der Waals surface area contributed by atoms with Gasteiger partial charge in [0.15, 0.2) is 5.58 Å². The lowest BCUT2D eigenvalue weighted by molar-refractivity contribution is -0.144. The summed E-state index contributed by atoms with van der Waals surface area (Å²) >= 11 is 6.84. The molecule has 5 aromatic rings. The predicted octanol–water partition coefficient (Wildman–Crippen LogP) is 7.45. The first kappa shape index (κ1) is 33.2. The highest BCUT2D eigenvalue weighted by Crippen LogP contribution is 2.66. The molecule has 10 nitrogen and oxygen atoms in total. The van der Waals surface area contributed by atoms with E-state index in [0.29, 0.717) is 41.6 Å². The van der Waals surface area contributed by atoms with E-state index in [1.165, 1.54) is 6.20 Å². The minimum Gasteiger partial charge on any atom is -0.488 e. The van der Waals surface area contributed by atoms with Gasteiger partial charge in [0.1, 0.15) is 42.3 Å². The van der Waals surface area contributed by atoms with Gasteiger partial charge in [-0.1, -0.05) is 42.3 Å². The minimum absolute atomic E-state index is 0.0135. The summed E-state index contributed by atoms with van der Waals surface area (Å²) in [5.41, 5.74) is 14.0. The van der Waals surface area contributed by atoms with Gasteiger partial charge in [-0.15, -0.1) is 0 Å². The zero-order valence-electron chi connectivity index (χ0n) is 28.3. The smallest absolute Gasteiger partial charge is 0.320 e. The number of oxazole rings is 1. The van der Waals surface area contributed by atoms with Crippen molar-refractivity contribution in [2.24, 2.45) is 5.73 Å². The second kappa shape index (κ2) is 13.0. The Labute approximate surface area is 300 Å². The van der Waals surface area contributed by atoms with E-state index in [1.807, 2.05) is 23.1 Å². The lowest BCUT2D eigenvalue weighted by atomic mass is 9.40. The van der Waals surface area contributed by atoms with Crippen LogP contribution in [0, 0.1) is 18.3 Å². The summed E-state index contributed by atoms with van der Waals surface area (Å²) in [6, 6.07) is 19.1. The van der Waals surface area contributed by atoms with E-state index in [9.17, 15) is 15.2 Å². The van der Waals surface area contributed by atoms with Gasteiger partial charge < -0.3 is 24.7 Å². The van der Waals surface area contributed by atoms with Gasteiger partial charge in [0.05, 0.1) is 16.0 Å². The second-order valence-electron chi connectivity index (χ2n) is 14.4. The van der Waals surface area contributed by atoms with E-state index in [1.54, 1.807) is 24.4 Å². The van der Waals surface area contributed by atoms with Crippen molar-refractivity contribution in [3.63, 3.8) is 0 Å². The van der Waals surface area contributed by atoms with Gasteiger partial charge in [-0.2, -0.15) is 5.26 Å². The molecule has 0 radical (unpaired) electrons. The molecule has 3 aliphatic carbocycles. The maximum Gasteiger partial charge on any atom is 0.320 e. The summed E-state index contributed by atoms with van der Waals surface area (Å²) < 4.78 is 18.8. The number of piperidine rings is 1. The Morgan fingerprint density at radius 1 is 1.08 bits per heavy atom. The Hall–Kier alpha value is -4.95. The van der Waals surface area contributed by atoms with Crippen molar-refractivity contribution in [3.8, 4) is 28.7 Å². The third kappa shape index (κ3) is 6.31. The number of carboxylic acid groups (broad SMARTS) is 1. The molecule has 0 spiro atoms. The Kier molecular flexibility index (Phi) is 8.45. The molecule has 11 heteroatoms.